The van der Waals surface area contributed by atoms with Crippen LogP contribution < -0.4 is 5.73 Å². The summed E-state index contributed by atoms with van der Waals surface area (Å²) in [6.07, 6.45) is 1.78. The fourth-order valence-electron chi connectivity index (χ4n) is 3.06. The molecule has 3 N–H and O–H groups in total. The van der Waals surface area contributed by atoms with E-state index < -0.39 is 11.5 Å². The predicted octanol–water partition coefficient (Wildman–Crippen LogP) is 4.12. The lowest BCUT2D eigenvalue weighted by atomic mass is 9.93. The molecule has 0 aliphatic rings. The molecule has 0 aliphatic carbocycles. The van der Waals surface area contributed by atoms with Gasteiger partial charge in [-0.3, -0.25) is 0 Å². The Labute approximate surface area is 153 Å². The van der Waals surface area contributed by atoms with Crippen molar-refractivity contribution in [3.8, 4) is 0 Å². The van der Waals surface area contributed by atoms with Gasteiger partial charge in [-0.05, 0) is 32.4 Å². The van der Waals surface area contributed by atoms with Gasteiger partial charge in [0.05, 0.1) is 0 Å². The van der Waals surface area contributed by atoms with Gasteiger partial charge in [0.25, 0.3) is 0 Å². The quantitative estimate of drug-likeness (QED) is 0.689. The van der Waals surface area contributed by atoms with Crippen LogP contribution in [0.5, 0.6) is 0 Å². The van der Waals surface area contributed by atoms with Crippen LogP contribution in [0.2, 0.25) is 0 Å². The van der Waals surface area contributed by atoms with Crippen LogP contribution in [0.1, 0.15) is 29.2 Å². The van der Waals surface area contributed by atoms with E-state index in [0.29, 0.717) is 0 Å². The Hall–Kier alpha value is -2.30. The molecule has 0 aliphatic heterocycles. The molecule has 1 atom stereocenters. The minimum atomic E-state index is -1.21. The molecule has 2 aromatic carbocycles. The van der Waals surface area contributed by atoms with E-state index >= 15 is 0 Å². The van der Waals surface area contributed by atoms with Gasteiger partial charge in [0, 0.05) is 22.7 Å². The number of aryl methyl sites for hydroxylation is 2. The van der Waals surface area contributed by atoms with Crippen LogP contribution in [0.25, 0.3) is 10.9 Å². The van der Waals surface area contributed by atoms with E-state index in [9.17, 15) is 4.79 Å². The van der Waals surface area contributed by atoms with E-state index in [2.05, 4.69) is 11.1 Å². The fourth-order valence-corrected chi connectivity index (χ4v) is 3.06. The molecule has 25 heavy (non-hydrogen) atoms. The average Bonchev–Trinajstić information content (AvgIpc) is 2.96. The van der Waals surface area contributed by atoms with Crippen molar-refractivity contribution in [2.75, 3.05) is 0 Å². The number of hydrogen-bond donors (Lipinski definition) is 2. The van der Waals surface area contributed by atoms with Gasteiger partial charge < -0.3 is 15.5 Å². The first-order chi connectivity index (χ1) is 11.4. The Morgan fingerprint density at radius 1 is 1.16 bits per heavy atom. The number of aromatic amines is 1. The first-order valence-corrected chi connectivity index (χ1v) is 7.98. The number of para-hydroxylation sites is 1. The highest BCUT2D eigenvalue weighted by molar-refractivity contribution is 5.92. The first-order valence-electron chi connectivity index (χ1n) is 7.98. The molecular formula is C20H23ClN2O2. The molecular weight excluding hydrogens is 336 g/mol. The van der Waals surface area contributed by atoms with Crippen LogP contribution in [0.15, 0.2) is 48.7 Å². The molecule has 3 aromatic rings. The summed E-state index contributed by atoms with van der Waals surface area (Å²) >= 11 is 0. The lowest BCUT2D eigenvalue weighted by molar-refractivity contribution is -0.151. The van der Waals surface area contributed by atoms with Crippen molar-refractivity contribution in [1.82, 2.24) is 4.98 Å². The zero-order valence-corrected chi connectivity index (χ0v) is 15.4. The summed E-state index contributed by atoms with van der Waals surface area (Å²) in [7, 11) is 0. The summed E-state index contributed by atoms with van der Waals surface area (Å²) in [6.45, 7) is 5.96. The number of nitrogens with one attached hydrogen (secondary N) is 1. The fraction of sp³-hybridized carbons (Fsp3) is 0.250. The van der Waals surface area contributed by atoms with Crippen molar-refractivity contribution in [2.24, 2.45) is 5.73 Å². The molecule has 0 radical (unpaired) electrons. The molecule has 0 fully saturated rings. The Morgan fingerprint density at radius 3 is 2.48 bits per heavy atom. The second-order valence-electron chi connectivity index (χ2n) is 6.52. The summed E-state index contributed by atoms with van der Waals surface area (Å²) in [4.78, 5) is 15.7. The summed E-state index contributed by atoms with van der Waals surface area (Å²) in [6, 6.07) is 13.9. The van der Waals surface area contributed by atoms with E-state index in [-0.39, 0.29) is 19.0 Å². The number of carbonyl (C=O) groups is 1. The lowest BCUT2D eigenvalue weighted by Gasteiger charge is -2.22. The highest BCUT2D eigenvalue weighted by Gasteiger charge is 2.34. The van der Waals surface area contributed by atoms with Gasteiger partial charge in [0.2, 0.25) is 0 Å². The van der Waals surface area contributed by atoms with Crippen LogP contribution in [-0.2, 0) is 21.7 Å². The summed E-state index contributed by atoms with van der Waals surface area (Å²) in [5.74, 6) is -0.439. The predicted molar refractivity (Wildman–Crippen MR) is 103 cm³/mol. The van der Waals surface area contributed by atoms with Crippen molar-refractivity contribution in [3.63, 3.8) is 0 Å². The normalized spacial score (nSPS) is 13.1. The van der Waals surface area contributed by atoms with Crippen LogP contribution in [-0.4, -0.2) is 11.0 Å². The molecule has 0 bridgehead atoms. The molecule has 5 heteroatoms. The third kappa shape index (κ3) is 3.86. The molecule has 1 heterocycles. The number of ether oxygens (including phenoxy) is 1. The van der Waals surface area contributed by atoms with Crippen molar-refractivity contribution >= 4 is 29.3 Å². The maximum absolute atomic E-state index is 12.6. The number of H-pyrrole nitrogens is 1. The number of fused-ring (bicyclic) bond motifs is 1. The van der Waals surface area contributed by atoms with Crippen molar-refractivity contribution in [2.45, 2.75) is 32.9 Å². The Bertz CT molecular complexity index is 879. The van der Waals surface area contributed by atoms with Gasteiger partial charge in [-0.2, -0.15) is 0 Å². The molecule has 0 saturated heterocycles. The zero-order chi connectivity index (χ0) is 17.3. The zero-order valence-electron chi connectivity index (χ0n) is 14.6. The van der Waals surface area contributed by atoms with Crippen LogP contribution in [0.4, 0.5) is 0 Å². The highest BCUT2D eigenvalue weighted by atomic mass is 35.5. The smallest absolute Gasteiger partial charge is 0.330 e. The number of hydrogen-bond acceptors (Lipinski definition) is 3. The van der Waals surface area contributed by atoms with E-state index in [4.69, 9.17) is 10.5 Å². The van der Waals surface area contributed by atoms with E-state index in [0.717, 1.165) is 33.2 Å². The van der Waals surface area contributed by atoms with Crippen molar-refractivity contribution in [3.05, 3.63) is 70.9 Å². The molecule has 1 aromatic heterocycles. The SMILES string of the molecule is Cc1cc(C)cc(COC(=O)C(C)(N)c2c[nH]c3ccccc23)c1.Cl. The van der Waals surface area contributed by atoms with Crippen LogP contribution >= 0.6 is 12.4 Å². The van der Waals surface area contributed by atoms with Crippen LogP contribution in [0, 0.1) is 13.8 Å². The Balaban J connectivity index is 0.00000225. The summed E-state index contributed by atoms with van der Waals surface area (Å²) in [5.41, 5.74) is 10.1. The van der Waals surface area contributed by atoms with E-state index in [1.165, 1.54) is 0 Å². The topological polar surface area (TPSA) is 68.1 Å². The molecule has 0 saturated carbocycles. The minimum absolute atomic E-state index is 0. The maximum atomic E-state index is 12.6. The van der Waals surface area contributed by atoms with Gasteiger partial charge in [0.1, 0.15) is 12.1 Å². The summed E-state index contributed by atoms with van der Waals surface area (Å²) in [5, 5.41) is 0.936. The Kier molecular flexibility index (Phi) is 5.55. The van der Waals surface area contributed by atoms with Crippen LogP contribution in [0.3, 0.4) is 0 Å². The standard InChI is InChI=1S/C20H22N2O2.ClH/c1-13-8-14(2)10-15(9-13)12-24-19(23)20(3,21)17-11-22-18-7-5-4-6-16(17)18;/h4-11,22H,12,21H2,1-3H3;1H. The van der Waals surface area contributed by atoms with E-state index in [1.807, 2.05) is 50.2 Å². The van der Waals surface area contributed by atoms with Crippen molar-refractivity contribution < 1.29 is 9.53 Å². The number of nitrogens with two attached hydrogens (primary N) is 1. The highest BCUT2D eigenvalue weighted by Crippen LogP contribution is 2.28. The molecule has 4 nitrogen and oxygen atoms in total. The number of benzene rings is 2. The van der Waals surface area contributed by atoms with Crippen molar-refractivity contribution in [1.29, 1.82) is 0 Å². The number of rotatable bonds is 4. The van der Waals surface area contributed by atoms with Gasteiger partial charge in [-0.1, -0.05) is 47.5 Å². The second-order valence-corrected chi connectivity index (χ2v) is 6.52. The third-order valence-corrected chi connectivity index (χ3v) is 4.22. The first kappa shape index (κ1) is 19.0. The number of halogens is 1. The molecule has 3 rings (SSSR count). The molecule has 0 spiro atoms. The van der Waals surface area contributed by atoms with Gasteiger partial charge in [0.15, 0.2) is 0 Å². The molecule has 0 amide bonds. The number of esters is 1. The van der Waals surface area contributed by atoms with Gasteiger partial charge in [-0.25, -0.2) is 4.79 Å². The summed E-state index contributed by atoms with van der Waals surface area (Å²) < 4.78 is 5.50. The largest absolute Gasteiger partial charge is 0.459 e. The molecule has 1 unspecified atom stereocenters. The minimum Gasteiger partial charge on any atom is -0.459 e. The second kappa shape index (κ2) is 7.30. The maximum Gasteiger partial charge on any atom is 0.330 e. The van der Waals surface area contributed by atoms with Gasteiger partial charge >= 0.3 is 5.97 Å². The molecule has 132 valence electrons. The number of carbonyl (C=O) groups excluding carboxylic acids is 1. The van der Waals surface area contributed by atoms with E-state index in [1.54, 1.807) is 13.1 Å². The number of aromatic nitrogens is 1. The lowest BCUT2D eigenvalue weighted by Crippen LogP contribution is -2.43. The van der Waals surface area contributed by atoms with Gasteiger partial charge in [-0.15, -0.1) is 12.4 Å². The third-order valence-electron chi connectivity index (χ3n) is 4.22. The Morgan fingerprint density at radius 2 is 1.80 bits per heavy atom. The monoisotopic (exact) mass is 358 g/mol. The average molecular weight is 359 g/mol.